The highest BCUT2D eigenvalue weighted by Crippen LogP contribution is 2.20. The van der Waals surface area contributed by atoms with E-state index >= 15 is 0 Å². The number of hydrogen-bond donors (Lipinski definition) is 3. The summed E-state index contributed by atoms with van der Waals surface area (Å²) in [5, 5.41) is 15.1. The minimum absolute atomic E-state index is 0.115. The van der Waals surface area contributed by atoms with E-state index in [0.29, 0.717) is 23.7 Å². The number of amides is 2. The van der Waals surface area contributed by atoms with Gasteiger partial charge in [0.2, 0.25) is 0 Å². The first-order chi connectivity index (χ1) is 8.84. The van der Waals surface area contributed by atoms with Gasteiger partial charge in [-0.05, 0) is 36.5 Å². The van der Waals surface area contributed by atoms with Crippen molar-refractivity contribution in [3.63, 3.8) is 0 Å². The SMILES string of the molecule is Cc1ccc(NC(=O)NCC(C)(C)CCO)cc1Cl. The Morgan fingerprint density at radius 2 is 2.11 bits per heavy atom. The van der Waals surface area contributed by atoms with Crippen molar-refractivity contribution >= 4 is 23.3 Å². The number of benzene rings is 1. The molecule has 0 aliphatic heterocycles. The Bertz CT molecular complexity index is 447. The van der Waals surface area contributed by atoms with Gasteiger partial charge in [0.15, 0.2) is 0 Å². The highest BCUT2D eigenvalue weighted by atomic mass is 35.5. The second kappa shape index (κ2) is 6.78. The van der Waals surface area contributed by atoms with Crippen molar-refractivity contribution in [2.75, 3.05) is 18.5 Å². The first-order valence-corrected chi connectivity index (χ1v) is 6.64. The van der Waals surface area contributed by atoms with Gasteiger partial charge in [0, 0.05) is 23.9 Å². The summed E-state index contributed by atoms with van der Waals surface area (Å²) in [4.78, 5) is 11.7. The Morgan fingerprint density at radius 3 is 2.68 bits per heavy atom. The van der Waals surface area contributed by atoms with E-state index in [1.807, 2.05) is 26.8 Å². The van der Waals surface area contributed by atoms with E-state index in [1.54, 1.807) is 12.1 Å². The number of aryl methyl sites for hydroxylation is 1. The molecule has 0 radical (unpaired) electrons. The quantitative estimate of drug-likeness (QED) is 0.778. The molecule has 0 aromatic heterocycles. The van der Waals surface area contributed by atoms with Crippen molar-refractivity contribution in [2.24, 2.45) is 5.41 Å². The van der Waals surface area contributed by atoms with Crippen LogP contribution >= 0.6 is 11.6 Å². The number of anilines is 1. The van der Waals surface area contributed by atoms with Crippen molar-refractivity contribution in [2.45, 2.75) is 27.2 Å². The number of nitrogens with one attached hydrogen (secondary N) is 2. The first kappa shape index (κ1) is 15.8. The van der Waals surface area contributed by atoms with Gasteiger partial charge >= 0.3 is 6.03 Å². The van der Waals surface area contributed by atoms with Crippen LogP contribution in [-0.4, -0.2) is 24.3 Å². The smallest absolute Gasteiger partial charge is 0.319 e. The lowest BCUT2D eigenvalue weighted by Gasteiger charge is -2.23. The van der Waals surface area contributed by atoms with Crippen LogP contribution in [0.3, 0.4) is 0 Å². The molecule has 1 aromatic rings. The highest BCUT2D eigenvalue weighted by molar-refractivity contribution is 6.31. The lowest BCUT2D eigenvalue weighted by atomic mass is 9.90. The predicted molar refractivity (Wildman–Crippen MR) is 78.7 cm³/mol. The lowest BCUT2D eigenvalue weighted by molar-refractivity contribution is 0.204. The highest BCUT2D eigenvalue weighted by Gasteiger charge is 2.18. The molecule has 5 heteroatoms. The van der Waals surface area contributed by atoms with Crippen LogP contribution < -0.4 is 10.6 Å². The zero-order valence-electron chi connectivity index (χ0n) is 11.6. The van der Waals surface area contributed by atoms with Gasteiger partial charge in [0.05, 0.1) is 0 Å². The van der Waals surface area contributed by atoms with Crippen LogP contribution in [0.15, 0.2) is 18.2 Å². The molecule has 0 heterocycles. The van der Waals surface area contributed by atoms with Crippen LogP contribution in [0.5, 0.6) is 0 Å². The molecule has 106 valence electrons. The van der Waals surface area contributed by atoms with Crippen LogP contribution in [0.4, 0.5) is 10.5 Å². The van der Waals surface area contributed by atoms with Crippen LogP contribution in [0.1, 0.15) is 25.8 Å². The number of rotatable bonds is 5. The second-order valence-corrected chi connectivity index (χ2v) is 5.82. The van der Waals surface area contributed by atoms with Gasteiger partial charge in [-0.3, -0.25) is 0 Å². The molecular weight excluding hydrogens is 264 g/mol. The fourth-order valence-corrected chi connectivity index (χ4v) is 1.74. The number of aliphatic hydroxyl groups is 1. The third-order valence-corrected chi connectivity index (χ3v) is 3.35. The van der Waals surface area contributed by atoms with Crippen molar-refractivity contribution in [1.29, 1.82) is 0 Å². The van der Waals surface area contributed by atoms with Crippen LogP contribution in [0.25, 0.3) is 0 Å². The maximum absolute atomic E-state index is 11.7. The number of urea groups is 1. The number of hydrogen-bond acceptors (Lipinski definition) is 2. The molecule has 0 spiro atoms. The summed E-state index contributed by atoms with van der Waals surface area (Å²) in [7, 11) is 0. The molecule has 0 atom stereocenters. The largest absolute Gasteiger partial charge is 0.396 e. The van der Waals surface area contributed by atoms with E-state index in [0.717, 1.165) is 5.56 Å². The molecule has 0 saturated carbocycles. The number of carbonyl (C=O) groups is 1. The van der Waals surface area contributed by atoms with Crippen molar-refractivity contribution in [1.82, 2.24) is 5.32 Å². The molecule has 3 N–H and O–H groups in total. The summed E-state index contributed by atoms with van der Waals surface area (Å²) < 4.78 is 0. The zero-order valence-corrected chi connectivity index (χ0v) is 12.3. The average molecular weight is 285 g/mol. The summed E-state index contributed by atoms with van der Waals surface area (Å²) >= 11 is 5.99. The summed E-state index contributed by atoms with van der Waals surface area (Å²) in [5.74, 6) is 0. The Labute approximate surface area is 119 Å². The maximum Gasteiger partial charge on any atom is 0.319 e. The molecule has 1 aromatic carbocycles. The van der Waals surface area contributed by atoms with Gasteiger partial charge in [-0.1, -0.05) is 31.5 Å². The van der Waals surface area contributed by atoms with E-state index in [9.17, 15) is 4.79 Å². The van der Waals surface area contributed by atoms with E-state index in [4.69, 9.17) is 16.7 Å². The van der Waals surface area contributed by atoms with Gasteiger partial charge in [-0.25, -0.2) is 4.79 Å². The average Bonchev–Trinajstić information content (AvgIpc) is 2.32. The molecule has 0 fully saturated rings. The van der Waals surface area contributed by atoms with Gasteiger partial charge in [-0.15, -0.1) is 0 Å². The van der Waals surface area contributed by atoms with Crippen LogP contribution in [-0.2, 0) is 0 Å². The molecule has 19 heavy (non-hydrogen) atoms. The standard InChI is InChI=1S/C14H21ClN2O2/c1-10-4-5-11(8-12(10)15)17-13(19)16-9-14(2,3)6-7-18/h4-5,8,18H,6-7,9H2,1-3H3,(H2,16,17,19). The Kier molecular flexibility index (Phi) is 5.63. The molecule has 2 amide bonds. The summed E-state index contributed by atoms with van der Waals surface area (Å²) in [6, 6.07) is 5.11. The van der Waals surface area contributed by atoms with Gasteiger partial charge in [0.1, 0.15) is 0 Å². The van der Waals surface area contributed by atoms with Crippen molar-refractivity contribution in [3.8, 4) is 0 Å². The summed E-state index contributed by atoms with van der Waals surface area (Å²) in [5.41, 5.74) is 1.50. The fraction of sp³-hybridized carbons (Fsp3) is 0.500. The first-order valence-electron chi connectivity index (χ1n) is 6.26. The molecule has 0 aliphatic carbocycles. The minimum atomic E-state index is -0.272. The Hall–Kier alpha value is -1.26. The maximum atomic E-state index is 11.7. The lowest BCUT2D eigenvalue weighted by Crippen LogP contribution is -2.37. The summed E-state index contributed by atoms with van der Waals surface area (Å²) in [6.07, 6.45) is 0.642. The van der Waals surface area contributed by atoms with Gasteiger partial charge < -0.3 is 15.7 Å². The normalized spacial score (nSPS) is 11.2. The van der Waals surface area contributed by atoms with E-state index in [-0.39, 0.29) is 18.1 Å². The third kappa shape index (κ3) is 5.49. The Balaban J connectivity index is 2.49. The molecule has 1 rings (SSSR count). The fourth-order valence-electron chi connectivity index (χ4n) is 1.56. The number of halogens is 1. The van der Waals surface area contributed by atoms with Crippen molar-refractivity contribution < 1.29 is 9.90 Å². The topological polar surface area (TPSA) is 61.4 Å². The van der Waals surface area contributed by atoms with Gasteiger partial charge in [-0.2, -0.15) is 0 Å². The van der Waals surface area contributed by atoms with E-state index in [2.05, 4.69) is 10.6 Å². The molecule has 0 unspecified atom stereocenters. The molecular formula is C14H21ClN2O2. The number of carbonyl (C=O) groups excluding carboxylic acids is 1. The molecule has 0 saturated heterocycles. The van der Waals surface area contributed by atoms with Gasteiger partial charge in [0.25, 0.3) is 0 Å². The van der Waals surface area contributed by atoms with Crippen LogP contribution in [0, 0.1) is 12.3 Å². The summed E-state index contributed by atoms with van der Waals surface area (Å²) in [6.45, 7) is 6.50. The minimum Gasteiger partial charge on any atom is -0.396 e. The van der Waals surface area contributed by atoms with Crippen molar-refractivity contribution in [3.05, 3.63) is 28.8 Å². The second-order valence-electron chi connectivity index (χ2n) is 5.41. The predicted octanol–water partition coefficient (Wildman–Crippen LogP) is 3.18. The molecule has 4 nitrogen and oxygen atoms in total. The monoisotopic (exact) mass is 284 g/mol. The zero-order chi connectivity index (χ0) is 14.5. The molecule has 0 bridgehead atoms. The molecule has 0 aliphatic rings. The van der Waals surface area contributed by atoms with E-state index in [1.165, 1.54) is 0 Å². The van der Waals surface area contributed by atoms with Crippen LogP contribution in [0.2, 0.25) is 5.02 Å². The van der Waals surface area contributed by atoms with E-state index < -0.39 is 0 Å². The Morgan fingerprint density at radius 1 is 1.42 bits per heavy atom. The third-order valence-electron chi connectivity index (χ3n) is 2.95. The number of aliphatic hydroxyl groups excluding tert-OH is 1.